The summed E-state index contributed by atoms with van der Waals surface area (Å²) in [6.07, 6.45) is -4.42. The molecule has 110 valence electrons. The van der Waals surface area contributed by atoms with Crippen molar-refractivity contribution in [2.45, 2.75) is 25.9 Å². The van der Waals surface area contributed by atoms with Crippen LogP contribution in [-0.2, 0) is 6.18 Å². The molecule has 0 saturated heterocycles. The second-order valence-electron chi connectivity index (χ2n) is 4.99. The Kier molecular flexibility index (Phi) is 4.16. The quantitative estimate of drug-likeness (QED) is 0.723. The van der Waals surface area contributed by atoms with E-state index in [9.17, 15) is 18.0 Å². The van der Waals surface area contributed by atoms with Gasteiger partial charge in [-0.25, -0.2) is 0 Å². The first kappa shape index (κ1) is 15.3. The van der Waals surface area contributed by atoms with Crippen molar-refractivity contribution in [3.63, 3.8) is 0 Å². The van der Waals surface area contributed by atoms with Gasteiger partial charge in [0, 0.05) is 11.5 Å². The van der Waals surface area contributed by atoms with E-state index in [1.807, 2.05) is 30.3 Å². The monoisotopic (exact) mass is 292 g/mol. The van der Waals surface area contributed by atoms with Crippen LogP contribution in [0.1, 0.15) is 46.8 Å². The Morgan fingerprint density at radius 2 is 1.67 bits per heavy atom. The summed E-state index contributed by atoms with van der Waals surface area (Å²) in [6, 6.07) is 12.5. The topological polar surface area (TPSA) is 17.1 Å². The summed E-state index contributed by atoms with van der Waals surface area (Å²) in [5, 5.41) is 0. The normalized spacial score (nSPS) is 13.0. The number of carbonyl (C=O) groups excluding carboxylic acids is 1. The van der Waals surface area contributed by atoms with Crippen LogP contribution in [0.3, 0.4) is 0 Å². The number of alkyl halides is 3. The van der Waals surface area contributed by atoms with Gasteiger partial charge in [0.1, 0.15) is 0 Å². The van der Waals surface area contributed by atoms with Crippen molar-refractivity contribution < 1.29 is 18.0 Å². The Morgan fingerprint density at radius 3 is 2.19 bits per heavy atom. The second kappa shape index (κ2) is 5.72. The van der Waals surface area contributed by atoms with Crippen LogP contribution in [-0.4, -0.2) is 5.78 Å². The first-order valence-electron chi connectivity index (χ1n) is 6.57. The van der Waals surface area contributed by atoms with E-state index in [1.165, 1.54) is 13.0 Å². The molecular weight excluding hydrogens is 277 g/mol. The molecule has 0 heterocycles. The molecular formula is C17H15F3O. The van der Waals surface area contributed by atoms with Gasteiger partial charge in [0.05, 0.1) is 5.56 Å². The molecule has 21 heavy (non-hydrogen) atoms. The van der Waals surface area contributed by atoms with Crippen LogP contribution in [0.15, 0.2) is 48.5 Å². The van der Waals surface area contributed by atoms with E-state index in [4.69, 9.17) is 0 Å². The highest BCUT2D eigenvalue weighted by molar-refractivity contribution is 5.96. The number of halogens is 3. The maximum absolute atomic E-state index is 12.9. The summed E-state index contributed by atoms with van der Waals surface area (Å²) >= 11 is 0. The summed E-state index contributed by atoms with van der Waals surface area (Å²) in [4.78, 5) is 11.7. The fourth-order valence-electron chi connectivity index (χ4n) is 2.34. The van der Waals surface area contributed by atoms with E-state index in [0.717, 1.165) is 17.7 Å². The molecule has 1 nitrogen and oxygen atoms in total. The van der Waals surface area contributed by atoms with Crippen molar-refractivity contribution in [2.24, 2.45) is 0 Å². The van der Waals surface area contributed by atoms with Crippen LogP contribution in [0.25, 0.3) is 0 Å². The van der Waals surface area contributed by atoms with E-state index in [0.29, 0.717) is 11.1 Å². The molecule has 2 rings (SSSR count). The maximum Gasteiger partial charge on any atom is 0.416 e. The molecule has 1 unspecified atom stereocenters. The van der Waals surface area contributed by atoms with Gasteiger partial charge in [0.15, 0.2) is 5.78 Å². The number of Topliss-reactive ketones (excluding diaryl/α,β-unsaturated/α-hetero) is 1. The molecule has 0 aliphatic carbocycles. The largest absolute Gasteiger partial charge is 0.416 e. The van der Waals surface area contributed by atoms with Crippen LogP contribution in [0.5, 0.6) is 0 Å². The van der Waals surface area contributed by atoms with Gasteiger partial charge in [0.2, 0.25) is 0 Å². The van der Waals surface area contributed by atoms with Gasteiger partial charge in [-0.15, -0.1) is 0 Å². The van der Waals surface area contributed by atoms with Gasteiger partial charge in [-0.3, -0.25) is 4.79 Å². The molecule has 0 saturated carbocycles. The molecule has 0 bridgehead atoms. The van der Waals surface area contributed by atoms with Gasteiger partial charge in [0.25, 0.3) is 0 Å². The number of benzene rings is 2. The van der Waals surface area contributed by atoms with E-state index < -0.39 is 11.7 Å². The number of rotatable bonds is 3. The third-order valence-corrected chi connectivity index (χ3v) is 3.52. The molecule has 0 aliphatic rings. The number of hydrogen-bond donors (Lipinski definition) is 0. The minimum Gasteiger partial charge on any atom is -0.295 e. The lowest BCUT2D eigenvalue weighted by Gasteiger charge is -2.18. The Bertz CT molecular complexity index is 645. The fraction of sp³-hybridized carbons (Fsp3) is 0.235. The van der Waals surface area contributed by atoms with Crippen molar-refractivity contribution in [2.75, 3.05) is 0 Å². The maximum atomic E-state index is 12.9. The summed E-state index contributed by atoms with van der Waals surface area (Å²) in [5.74, 6) is -0.520. The molecule has 2 aromatic rings. The minimum absolute atomic E-state index is 0.235. The van der Waals surface area contributed by atoms with Gasteiger partial charge in [-0.2, -0.15) is 13.2 Å². The zero-order chi connectivity index (χ0) is 15.6. The molecule has 0 radical (unpaired) electrons. The lowest BCUT2D eigenvalue weighted by molar-refractivity contribution is -0.137. The van der Waals surface area contributed by atoms with Crippen LogP contribution >= 0.6 is 0 Å². The number of hydrogen-bond acceptors (Lipinski definition) is 1. The fourth-order valence-corrected chi connectivity index (χ4v) is 2.34. The van der Waals surface area contributed by atoms with Crippen LogP contribution in [0.2, 0.25) is 0 Å². The highest BCUT2D eigenvalue weighted by Crippen LogP contribution is 2.34. The molecule has 0 spiro atoms. The third kappa shape index (κ3) is 3.32. The molecule has 0 aliphatic heterocycles. The summed E-state index contributed by atoms with van der Waals surface area (Å²) in [7, 11) is 0. The molecule has 0 aromatic heterocycles. The number of ketones is 1. The molecule has 1 atom stereocenters. The smallest absolute Gasteiger partial charge is 0.295 e. The van der Waals surface area contributed by atoms with Gasteiger partial charge < -0.3 is 0 Å². The Hall–Kier alpha value is -2.10. The summed E-state index contributed by atoms with van der Waals surface area (Å²) in [6.45, 7) is 3.17. The molecule has 4 heteroatoms. The SMILES string of the molecule is CC(=O)c1ccc(C(F)(F)F)cc1C(C)c1ccccc1. The summed E-state index contributed by atoms with van der Waals surface area (Å²) < 4.78 is 38.6. The standard InChI is InChI=1S/C17H15F3O/c1-11(13-6-4-3-5-7-13)16-10-14(17(18,19)20)8-9-15(16)12(2)21/h3-11H,1-2H3. The predicted octanol–water partition coefficient (Wildman–Crippen LogP) is 5.06. The summed E-state index contributed by atoms with van der Waals surface area (Å²) in [5.41, 5.74) is 0.882. The minimum atomic E-state index is -4.42. The van der Waals surface area contributed by atoms with Gasteiger partial charge >= 0.3 is 6.18 Å². The zero-order valence-electron chi connectivity index (χ0n) is 11.7. The van der Waals surface area contributed by atoms with Crippen molar-refractivity contribution in [3.05, 3.63) is 70.8 Å². The predicted molar refractivity (Wildman–Crippen MR) is 75.4 cm³/mol. The van der Waals surface area contributed by atoms with Crippen LogP contribution in [0, 0.1) is 0 Å². The molecule has 0 fully saturated rings. The third-order valence-electron chi connectivity index (χ3n) is 3.52. The molecule has 2 aromatic carbocycles. The van der Waals surface area contributed by atoms with E-state index in [1.54, 1.807) is 6.92 Å². The highest BCUT2D eigenvalue weighted by Gasteiger charge is 2.32. The molecule has 0 N–H and O–H groups in total. The van der Waals surface area contributed by atoms with Crippen molar-refractivity contribution in [1.82, 2.24) is 0 Å². The highest BCUT2D eigenvalue weighted by atomic mass is 19.4. The Morgan fingerprint density at radius 1 is 1.05 bits per heavy atom. The average Bonchev–Trinajstić information content (AvgIpc) is 2.45. The molecule has 0 amide bonds. The average molecular weight is 292 g/mol. The van der Waals surface area contributed by atoms with Crippen molar-refractivity contribution >= 4 is 5.78 Å². The second-order valence-corrected chi connectivity index (χ2v) is 4.99. The first-order valence-corrected chi connectivity index (χ1v) is 6.57. The van der Waals surface area contributed by atoms with Crippen molar-refractivity contribution in [1.29, 1.82) is 0 Å². The van der Waals surface area contributed by atoms with Gasteiger partial charge in [-0.05, 0) is 30.2 Å². The lowest BCUT2D eigenvalue weighted by Crippen LogP contribution is -2.10. The van der Waals surface area contributed by atoms with E-state index >= 15 is 0 Å². The number of carbonyl (C=O) groups is 1. The van der Waals surface area contributed by atoms with Gasteiger partial charge in [-0.1, -0.05) is 43.3 Å². The van der Waals surface area contributed by atoms with Crippen molar-refractivity contribution in [3.8, 4) is 0 Å². The van der Waals surface area contributed by atoms with Crippen LogP contribution < -0.4 is 0 Å². The Balaban J connectivity index is 2.56. The lowest BCUT2D eigenvalue weighted by atomic mass is 9.87. The first-order chi connectivity index (χ1) is 9.80. The zero-order valence-corrected chi connectivity index (χ0v) is 11.7. The van der Waals surface area contributed by atoms with Crippen LogP contribution in [0.4, 0.5) is 13.2 Å². The Labute approximate surface area is 121 Å². The van der Waals surface area contributed by atoms with E-state index in [-0.39, 0.29) is 11.7 Å². The van der Waals surface area contributed by atoms with E-state index in [2.05, 4.69) is 0 Å².